The third-order valence-electron chi connectivity index (χ3n) is 5.62. The molecule has 2 bridgehead atoms. The van der Waals surface area contributed by atoms with Crippen LogP contribution in [0.25, 0.3) is 11.1 Å². The summed E-state index contributed by atoms with van der Waals surface area (Å²) < 4.78 is 0. The molecule has 2 aromatic carbocycles. The summed E-state index contributed by atoms with van der Waals surface area (Å²) in [5.41, 5.74) is 3.97. The average Bonchev–Trinajstić information content (AvgIpc) is 2.69. The molecule has 25 heavy (non-hydrogen) atoms. The Hall–Kier alpha value is -2.17. The summed E-state index contributed by atoms with van der Waals surface area (Å²) in [4.78, 5) is 15.0. The number of amides is 1. The van der Waals surface area contributed by atoms with Crippen molar-refractivity contribution in [3.63, 3.8) is 0 Å². The number of nitrogens with zero attached hydrogens (tertiary/aromatic N) is 1. The second kappa shape index (κ2) is 6.98. The molecule has 3 fully saturated rings. The fourth-order valence-electron chi connectivity index (χ4n) is 4.05. The van der Waals surface area contributed by atoms with Crippen LogP contribution in [0.3, 0.4) is 0 Å². The maximum atomic E-state index is 12.6. The minimum Gasteiger partial charge on any atom is -0.392 e. The number of fused-ring (bicyclic) bond motifs is 3. The van der Waals surface area contributed by atoms with Crippen LogP contribution in [-0.4, -0.2) is 35.5 Å². The minimum atomic E-state index is 0.0604. The molecule has 4 nitrogen and oxygen atoms in total. The monoisotopic (exact) mass is 336 g/mol. The summed E-state index contributed by atoms with van der Waals surface area (Å²) >= 11 is 0. The number of carbonyl (C=O) groups is 1. The molecule has 0 aliphatic carbocycles. The minimum absolute atomic E-state index is 0.0604. The summed E-state index contributed by atoms with van der Waals surface area (Å²) in [6.07, 6.45) is 2.31. The molecule has 3 aliphatic heterocycles. The van der Waals surface area contributed by atoms with Crippen molar-refractivity contribution in [1.29, 1.82) is 0 Å². The Morgan fingerprint density at radius 2 is 1.60 bits per heavy atom. The number of aliphatic hydroxyl groups is 1. The molecule has 1 atom stereocenters. The smallest absolute Gasteiger partial charge is 0.229 e. The molecule has 2 aromatic rings. The quantitative estimate of drug-likeness (QED) is 0.902. The lowest BCUT2D eigenvalue weighted by atomic mass is 9.78. The van der Waals surface area contributed by atoms with E-state index in [0.29, 0.717) is 5.92 Å². The number of anilines is 1. The van der Waals surface area contributed by atoms with Crippen LogP contribution in [0, 0.1) is 11.8 Å². The fraction of sp³-hybridized carbons (Fsp3) is 0.381. The Kier molecular flexibility index (Phi) is 4.55. The number of piperidine rings is 3. The molecule has 0 aromatic heterocycles. The van der Waals surface area contributed by atoms with Gasteiger partial charge in [0.15, 0.2) is 0 Å². The van der Waals surface area contributed by atoms with Gasteiger partial charge in [-0.3, -0.25) is 4.79 Å². The zero-order valence-electron chi connectivity index (χ0n) is 14.3. The Bertz CT molecular complexity index is 731. The third kappa shape index (κ3) is 3.46. The zero-order valence-corrected chi connectivity index (χ0v) is 14.3. The molecule has 2 N–H and O–H groups in total. The number of hydrogen-bond donors (Lipinski definition) is 2. The molecular weight excluding hydrogens is 312 g/mol. The van der Waals surface area contributed by atoms with Crippen LogP contribution >= 0.6 is 0 Å². The number of benzene rings is 2. The van der Waals surface area contributed by atoms with Gasteiger partial charge in [0.2, 0.25) is 5.91 Å². The van der Waals surface area contributed by atoms with Crippen LogP contribution in [0.1, 0.15) is 18.4 Å². The van der Waals surface area contributed by atoms with Crippen LogP contribution in [0.2, 0.25) is 0 Å². The Morgan fingerprint density at radius 3 is 2.12 bits per heavy atom. The molecule has 0 spiro atoms. The molecular formula is C21H24N2O2. The van der Waals surface area contributed by atoms with E-state index in [4.69, 9.17) is 5.11 Å². The Labute approximate surface area is 148 Å². The molecule has 1 amide bonds. The lowest BCUT2D eigenvalue weighted by Crippen LogP contribution is -2.51. The van der Waals surface area contributed by atoms with E-state index in [1.807, 2.05) is 48.5 Å². The lowest BCUT2D eigenvalue weighted by molar-refractivity contribution is -0.125. The second-order valence-electron chi connectivity index (χ2n) is 7.17. The van der Waals surface area contributed by atoms with Gasteiger partial charge in [-0.25, -0.2) is 0 Å². The first-order valence-electron chi connectivity index (χ1n) is 9.06. The van der Waals surface area contributed by atoms with E-state index in [2.05, 4.69) is 10.2 Å². The SMILES string of the molecule is O=C(Nc1ccc(-c2ccc(CO)cc2)cc1)C1CN2CCC1CC2. The summed E-state index contributed by atoms with van der Waals surface area (Å²) in [6.45, 7) is 3.27. The summed E-state index contributed by atoms with van der Waals surface area (Å²) in [6, 6.07) is 15.9. The molecule has 3 heterocycles. The first-order valence-corrected chi connectivity index (χ1v) is 9.06. The third-order valence-corrected chi connectivity index (χ3v) is 5.62. The van der Waals surface area contributed by atoms with Gasteiger partial charge in [-0.2, -0.15) is 0 Å². The summed E-state index contributed by atoms with van der Waals surface area (Å²) in [7, 11) is 0. The zero-order chi connectivity index (χ0) is 17.2. The molecule has 0 saturated carbocycles. The highest BCUT2D eigenvalue weighted by Gasteiger charge is 2.38. The predicted molar refractivity (Wildman–Crippen MR) is 99.1 cm³/mol. The van der Waals surface area contributed by atoms with E-state index in [0.717, 1.165) is 54.9 Å². The number of aliphatic hydroxyl groups excluding tert-OH is 1. The van der Waals surface area contributed by atoms with Crippen molar-refractivity contribution in [2.45, 2.75) is 19.4 Å². The van der Waals surface area contributed by atoms with Gasteiger partial charge < -0.3 is 15.3 Å². The van der Waals surface area contributed by atoms with E-state index in [-0.39, 0.29) is 18.4 Å². The average molecular weight is 336 g/mol. The van der Waals surface area contributed by atoms with Gasteiger partial charge in [0.25, 0.3) is 0 Å². The summed E-state index contributed by atoms with van der Waals surface area (Å²) in [5.74, 6) is 0.844. The van der Waals surface area contributed by atoms with Gasteiger partial charge >= 0.3 is 0 Å². The van der Waals surface area contributed by atoms with Gasteiger partial charge in [-0.1, -0.05) is 36.4 Å². The summed E-state index contributed by atoms with van der Waals surface area (Å²) in [5, 5.41) is 12.2. The fourth-order valence-corrected chi connectivity index (χ4v) is 4.05. The first-order chi connectivity index (χ1) is 12.2. The van der Waals surface area contributed by atoms with Gasteiger partial charge in [-0.05, 0) is 60.7 Å². The molecule has 130 valence electrons. The van der Waals surface area contributed by atoms with Gasteiger partial charge in [0.1, 0.15) is 0 Å². The Balaban J connectivity index is 1.42. The van der Waals surface area contributed by atoms with E-state index in [9.17, 15) is 4.79 Å². The van der Waals surface area contributed by atoms with Crippen LogP contribution in [-0.2, 0) is 11.4 Å². The normalized spacial score (nSPS) is 24.9. The predicted octanol–water partition coefficient (Wildman–Crippen LogP) is 3.13. The Morgan fingerprint density at radius 1 is 1.00 bits per heavy atom. The maximum Gasteiger partial charge on any atom is 0.229 e. The number of nitrogens with one attached hydrogen (secondary N) is 1. The van der Waals surface area contributed by atoms with Crippen molar-refractivity contribution in [2.24, 2.45) is 11.8 Å². The van der Waals surface area contributed by atoms with Crippen molar-refractivity contribution in [3.05, 3.63) is 54.1 Å². The lowest BCUT2D eigenvalue weighted by Gasteiger charge is -2.43. The maximum absolute atomic E-state index is 12.6. The van der Waals surface area contributed by atoms with E-state index < -0.39 is 0 Å². The van der Waals surface area contributed by atoms with Crippen LogP contribution < -0.4 is 5.32 Å². The second-order valence-corrected chi connectivity index (χ2v) is 7.17. The highest BCUT2D eigenvalue weighted by Crippen LogP contribution is 2.33. The molecule has 1 unspecified atom stereocenters. The van der Waals surface area contributed by atoms with E-state index in [1.54, 1.807) is 0 Å². The molecule has 5 rings (SSSR count). The van der Waals surface area contributed by atoms with Crippen molar-refractivity contribution >= 4 is 11.6 Å². The van der Waals surface area contributed by atoms with Gasteiger partial charge in [-0.15, -0.1) is 0 Å². The van der Waals surface area contributed by atoms with Crippen molar-refractivity contribution in [3.8, 4) is 11.1 Å². The molecule has 3 saturated heterocycles. The van der Waals surface area contributed by atoms with Crippen molar-refractivity contribution in [2.75, 3.05) is 25.0 Å². The number of carbonyl (C=O) groups excluding carboxylic acids is 1. The van der Waals surface area contributed by atoms with Crippen molar-refractivity contribution < 1.29 is 9.90 Å². The van der Waals surface area contributed by atoms with Crippen molar-refractivity contribution in [1.82, 2.24) is 4.90 Å². The molecule has 4 heteroatoms. The van der Waals surface area contributed by atoms with Crippen LogP contribution in [0.4, 0.5) is 5.69 Å². The first kappa shape index (κ1) is 16.3. The standard InChI is InChI=1S/C21H24N2O2/c24-14-15-1-3-16(4-2-15)17-5-7-19(8-6-17)22-21(25)20-13-23-11-9-18(20)10-12-23/h1-8,18,20,24H,9-14H2,(H,22,25). The van der Waals surface area contributed by atoms with Gasteiger partial charge in [0.05, 0.1) is 12.5 Å². The van der Waals surface area contributed by atoms with E-state index in [1.165, 1.54) is 0 Å². The topological polar surface area (TPSA) is 52.6 Å². The van der Waals surface area contributed by atoms with Gasteiger partial charge in [0, 0.05) is 12.2 Å². The van der Waals surface area contributed by atoms with E-state index >= 15 is 0 Å². The highest BCUT2D eigenvalue weighted by atomic mass is 16.3. The highest BCUT2D eigenvalue weighted by molar-refractivity contribution is 5.93. The molecule has 3 aliphatic rings. The number of rotatable bonds is 4. The number of hydrogen-bond acceptors (Lipinski definition) is 3. The van der Waals surface area contributed by atoms with Crippen LogP contribution in [0.15, 0.2) is 48.5 Å². The largest absolute Gasteiger partial charge is 0.392 e. The molecule has 0 radical (unpaired) electrons. The van der Waals surface area contributed by atoms with Crippen LogP contribution in [0.5, 0.6) is 0 Å².